The highest BCUT2D eigenvalue weighted by molar-refractivity contribution is 6.24. The predicted octanol–water partition coefficient (Wildman–Crippen LogP) is -0.603. The Balaban J connectivity index is 0.862. The highest BCUT2D eigenvalue weighted by Gasteiger charge is 3.02. The topological polar surface area (TPSA) is 205 Å². The Hall–Kier alpha value is -4.70. The molecular weight excluding hydrogens is 684 g/mol. The number of hydrogen-bond acceptors (Lipinski definition) is 14. The number of carbonyl (C=O) groups is 8. The summed E-state index contributed by atoms with van der Waals surface area (Å²) in [5.41, 5.74) is -5.57. The molecule has 10 aliphatic rings. The van der Waals surface area contributed by atoms with Crippen molar-refractivity contribution in [1.29, 1.82) is 0 Å². The van der Waals surface area contributed by atoms with Gasteiger partial charge in [0, 0.05) is 23.7 Å². The van der Waals surface area contributed by atoms with Crippen LogP contribution in [-0.4, -0.2) is 98.3 Å². The van der Waals surface area contributed by atoms with Crippen LogP contribution in [0.4, 0.5) is 11.4 Å². The summed E-state index contributed by atoms with van der Waals surface area (Å²) >= 11 is 0. The normalized spacial score (nSPS) is 49.5. The third kappa shape index (κ3) is 2.65. The highest BCUT2D eigenvalue weighted by Crippen LogP contribution is 2.84. The second-order valence-corrected chi connectivity index (χ2v) is 16.0. The van der Waals surface area contributed by atoms with Gasteiger partial charge in [-0.25, -0.2) is 19.2 Å². The van der Waals surface area contributed by atoms with Crippen LogP contribution in [0, 0.1) is 71.0 Å². The van der Waals surface area contributed by atoms with Crippen LogP contribution >= 0.6 is 0 Å². The average Bonchev–Trinajstić information content (AvgIpc) is 3.51. The van der Waals surface area contributed by atoms with E-state index in [2.05, 4.69) is 0 Å². The minimum atomic E-state index is -1.53. The van der Waals surface area contributed by atoms with Crippen LogP contribution < -0.4 is 9.80 Å². The maximum atomic E-state index is 14.0. The lowest BCUT2D eigenvalue weighted by Gasteiger charge is -2.47. The number of nitrogens with zero attached hydrogens (tertiary/aromatic N) is 2. The quantitative estimate of drug-likeness (QED) is 0.119. The lowest BCUT2D eigenvalue weighted by molar-refractivity contribution is -0.168. The molecule has 11 rings (SSSR count). The summed E-state index contributed by atoms with van der Waals surface area (Å²) in [6.07, 6.45) is 0.989. The van der Waals surface area contributed by atoms with Crippen molar-refractivity contribution in [2.45, 2.75) is 35.2 Å². The van der Waals surface area contributed by atoms with Crippen molar-refractivity contribution in [3.8, 4) is 0 Å². The number of methoxy groups -OCH3 is 4. The van der Waals surface area contributed by atoms with Gasteiger partial charge in [-0.15, -0.1) is 0 Å². The summed E-state index contributed by atoms with van der Waals surface area (Å²) in [4.78, 5) is 110. The molecule has 4 saturated heterocycles. The number of esters is 4. The number of ether oxygens (including phenoxy) is 6. The Kier molecular flexibility index (Phi) is 5.29. The molecule has 16 atom stereocenters. The van der Waals surface area contributed by atoms with Crippen LogP contribution in [0.25, 0.3) is 0 Å². The molecule has 4 bridgehead atoms. The Morgan fingerprint density at radius 1 is 0.500 bits per heavy atom. The summed E-state index contributed by atoms with van der Waals surface area (Å²) < 4.78 is 31.9. The second kappa shape index (κ2) is 8.90. The lowest BCUT2D eigenvalue weighted by Crippen LogP contribution is -2.67. The van der Waals surface area contributed by atoms with E-state index in [0.717, 1.165) is 9.80 Å². The zero-order valence-corrected chi connectivity index (χ0v) is 28.3. The summed E-state index contributed by atoms with van der Waals surface area (Å²) in [6, 6.07) is 6.07. The smallest absolute Gasteiger partial charge is 0.342 e. The van der Waals surface area contributed by atoms with Gasteiger partial charge in [-0.1, -0.05) is 0 Å². The van der Waals surface area contributed by atoms with E-state index in [-0.39, 0.29) is 35.0 Å². The van der Waals surface area contributed by atoms with Crippen molar-refractivity contribution in [2.75, 3.05) is 38.2 Å². The molecule has 0 aromatic heterocycles. The molecule has 16 nitrogen and oxygen atoms in total. The van der Waals surface area contributed by atoms with Crippen LogP contribution in [0.2, 0.25) is 0 Å². The highest BCUT2D eigenvalue weighted by atomic mass is 16.7. The molecule has 10 fully saturated rings. The SMILES string of the molecule is COC(=O)[C@]12O[C@@]1(C(=O)OC)[C@@H]1[C@@H]3C[C@@H]([C@@H]4C(=O)N(c5ccc(N6C(=O)[C@@H]7[C@H]8C[C@@H]([C@@H]7C6=O)[C@H]6[C@@H]8[C@]7(C(=O)OC)O[C@]67C(=O)OC)cc5)C(=O)[C@H]34)[C@@H]12. The Labute approximate surface area is 294 Å². The predicted molar refractivity (Wildman–Crippen MR) is 164 cm³/mol. The molecule has 4 aliphatic heterocycles. The fraction of sp³-hybridized carbons (Fsp3) is 0.611. The van der Waals surface area contributed by atoms with Crippen molar-refractivity contribution in [3.05, 3.63) is 24.3 Å². The van der Waals surface area contributed by atoms with Crippen molar-refractivity contribution in [3.63, 3.8) is 0 Å². The van der Waals surface area contributed by atoms with Gasteiger partial charge in [-0.3, -0.25) is 29.0 Å². The molecule has 16 heteroatoms. The number of amides is 4. The van der Waals surface area contributed by atoms with Crippen molar-refractivity contribution >= 4 is 58.9 Å². The molecule has 52 heavy (non-hydrogen) atoms. The Morgan fingerprint density at radius 3 is 0.942 bits per heavy atom. The van der Waals surface area contributed by atoms with Gasteiger partial charge in [0.1, 0.15) is 0 Å². The summed E-state index contributed by atoms with van der Waals surface area (Å²) in [5.74, 6) is -10.6. The Bertz CT molecular complexity index is 1790. The van der Waals surface area contributed by atoms with Crippen molar-refractivity contribution < 1.29 is 66.8 Å². The van der Waals surface area contributed by atoms with E-state index >= 15 is 0 Å². The van der Waals surface area contributed by atoms with E-state index < -0.39 is 117 Å². The van der Waals surface area contributed by atoms with E-state index in [1.165, 1.54) is 52.7 Å². The van der Waals surface area contributed by atoms with Gasteiger partial charge in [-0.05, 0) is 60.8 Å². The molecule has 1 aromatic rings. The maximum absolute atomic E-state index is 14.0. The Morgan fingerprint density at radius 2 is 0.731 bits per heavy atom. The lowest BCUT2D eigenvalue weighted by atomic mass is 9.48. The van der Waals surface area contributed by atoms with E-state index in [4.69, 9.17) is 28.4 Å². The van der Waals surface area contributed by atoms with Gasteiger partial charge in [0.25, 0.3) is 0 Å². The van der Waals surface area contributed by atoms with E-state index in [1.807, 2.05) is 0 Å². The van der Waals surface area contributed by atoms with Gasteiger partial charge in [0.05, 0.1) is 63.5 Å². The number of hydrogen-bond donors (Lipinski definition) is 0. The number of rotatable bonds is 6. The molecule has 0 radical (unpaired) electrons. The summed E-state index contributed by atoms with van der Waals surface area (Å²) in [6.45, 7) is 0. The van der Waals surface area contributed by atoms with E-state index in [1.54, 1.807) is 0 Å². The number of carbonyl (C=O) groups excluding carboxylic acids is 8. The van der Waals surface area contributed by atoms with E-state index in [9.17, 15) is 38.4 Å². The standard InChI is InChI=1S/C36H32N2O14/c1-47-29(43)33-21-13-9-14(22(21)34(33,51-33)30(44)48-2)18-17(13)25(39)37(26(18)40)11-5-7-12(8-6-11)38-27(41)19-15-10-16(20(19)28(38)42)24-23(15)35(31(45)49-3)36(24,52-35)32(46)50-4/h5-8,13-24H,9-10H2,1-4H3/t13-,14+,15-,16+,17-,18+,19-,20+,21-,22+,23-,24+,33-,34+,35-,36+. The van der Waals surface area contributed by atoms with Gasteiger partial charge >= 0.3 is 23.9 Å². The number of epoxide rings is 2. The molecule has 6 saturated carbocycles. The first-order valence-corrected chi connectivity index (χ1v) is 17.5. The van der Waals surface area contributed by atoms with Gasteiger partial charge in [0.15, 0.2) is 0 Å². The molecular formula is C36H32N2O14. The first-order chi connectivity index (χ1) is 24.9. The number of benzene rings is 1. The molecule has 270 valence electrons. The molecule has 0 unspecified atom stereocenters. The number of imide groups is 2. The molecule has 0 spiro atoms. The van der Waals surface area contributed by atoms with Crippen LogP contribution in [-0.2, 0) is 66.8 Å². The molecule has 0 N–H and O–H groups in total. The summed E-state index contributed by atoms with van der Waals surface area (Å²) in [5, 5.41) is 0. The van der Waals surface area contributed by atoms with Crippen LogP contribution in [0.1, 0.15) is 12.8 Å². The van der Waals surface area contributed by atoms with Crippen LogP contribution in [0.5, 0.6) is 0 Å². The molecule has 1 aromatic carbocycles. The van der Waals surface area contributed by atoms with E-state index in [0.29, 0.717) is 12.8 Å². The summed E-state index contributed by atoms with van der Waals surface area (Å²) in [7, 11) is 4.84. The number of anilines is 2. The molecule has 4 amide bonds. The first-order valence-electron chi connectivity index (χ1n) is 17.5. The fourth-order valence-electron chi connectivity index (χ4n) is 13.9. The maximum Gasteiger partial charge on any atom is 0.342 e. The second-order valence-electron chi connectivity index (χ2n) is 16.0. The van der Waals surface area contributed by atoms with Crippen LogP contribution in [0.3, 0.4) is 0 Å². The first kappa shape index (κ1) is 30.9. The number of fused-ring (bicyclic) bond motifs is 22. The zero-order chi connectivity index (χ0) is 36.3. The third-order valence-corrected chi connectivity index (χ3v) is 15.2. The average molecular weight is 717 g/mol. The fourth-order valence-corrected chi connectivity index (χ4v) is 13.9. The van der Waals surface area contributed by atoms with Crippen molar-refractivity contribution in [2.24, 2.45) is 71.0 Å². The monoisotopic (exact) mass is 716 g/mol. The zero-order valence-electron chi connectivity index (χ0n) is 28.3. The van der Waals surface area contributed by atoms with Gasteiger partial charge in [0.2, 0.25) is 46.0 Å². The minimum absolute atomic E-state index is 0.265. The largest absolute Gasteiger partial charge is 0.467 e. The minimum Gasteiger partial charge on any atom is -0.467 e. The van der Waals surface area contributed by atoms with Gasteiger partial charge < -0.3 is 28.4 Å². The van der Waals surface area contributed by atoms with Crippen molar-refractivity contribution in [1.82, 2.24) is 0 Å². The molecule has 4 heterocycles. The van der Waals surface area contributed by atoms with Crippen LogP contribution in [0.15, 0.2) is 24.3 Å². The third-order valence-electron chi connectivity index (χ3n) is 15.2. The van der Waals surface area contributed by atoms with Gasteiger partial charge in [-0.2, -0.15) is 0 Å². The molecule has 6 aliphatic carbocycles.